The van der Waals surface area contributed by atoms with E-state index in [2.05, 4.69) is 5.32 Å². The largest absolute Gasteiger partial charge is 0.389 e. The van der Waals surface area contributed by atoms with E-state index in [0.29, 0.717) is 5.69 Å². The van der Waals surface area contributed by atoms with Crippen molar-refractivity contribution < 1.29 is 9.18 Å². The summed E-state index contributed by atoms with van der Waals surface area (Å²) >= 11 is 4.74. The highest BCUT2D eigenvalue weighted by Gasteiger charge is 2.14. The Hall–Kier alpha value is -1.49. The van der Waals surface area contributed by atoms with Gasteiger partial charge in [0.1, 0.15) is 10.8 Å². The number of amides is 1. The van der Waals surface area contributed by atoms with Crippen LogP contribution in [0.2, 0.25) is 0 Å². The highest BCUT2D eigenvalue weighted by molar-refractivity contribution is 7.80. The molecule has 1 amide bonds. The van der Waals surface area contributed by atoms with Crippen molar-refractivity contribution in [1.82, 2.24) is 0 Å². The van der Waals surface area contributed by atoms with Gasteiger partial charge in [-0.05, 0) is 12.1 Å². The van der Waals surface area contributed by atoms with Gasteiger partial charge in [-0.2, -0.15) is 0 Å². The molecule has 0 aliphatic carbocycles. The SMILES string of the molecule is CC(C)C(=O)Nc1cccc(F)c1C(N)=S. The lowest BCUT2D eigenvalue weighted by atomic mass is 10.1. The first-order valence-corrected chi connectivity index (χ1v) is 5.23. The van der Waals surface area contributed by atoms with Gasteiger partial charge in [0.15, 0.2) is 0 Å². The lowest BCUT2D eigenvalue weighted by Crippen LogP contribution is -2.22. The van der Waals surface area contributed by atoms with Crippen LogP contribution in [-0.4, -0.2) is 10.9 Å². The number of anilines is 1. The van der Waals surface area contributed by atoms with Crippen LogP contribution < -0.4 is 11.1 Å². The Morgan fingerprint density at radius 3 is 2.62 bits per heavy atom. The van der Waals surface area contributed by atoms with E-state index >= 15 is 0 Å². The van der Waals surface area contributed by atoms with Crippen LogP contribution in [0.4, 0.5) is 10.1 Å². The van der Waals surface area contributed by atoms with Gasteiger partial charge in [-0.15, -0.1) is 0 Å². The predicted octanol–water partition coefficient (Wildman–Crippen LogP) is 2.05. The van der Waals surface area contributed by atoms with Gasteiger partial charge in [0.05, 0.1) is 11.3 Å². The summed E-state index contributed by atoms with van der Waals surface area (Å²) in [5.41, 5.74) is 5.79. The van der Waals surface area contributed by atoms with Crippen LogP contribution in [0.25, 0.3) is 0 Å². The number of hydrogen-bond donors (Lipinski definition) is 2. The van der Waals surface area contributed by atoms with Crippen molar-refractivity contribution in [3.05, 3.63) is 29.6 Å². The predicted molar refractivity (Wildman–Crippen MR) is 65.8 cm³/mol. The molecule has 0 aliphatic rings. The molecule has 0 heterocycles. The Balaban J connectivity index is 3.09. The summed E-state index contributed by atoms with van der Waals surface area (Å²) in [4.78, 5) is 11.4. The van der Waals surface area contributed by atoms with Crippen LogP contribution in [0.3, 0.4) is 0 Å². The number of halogens is 1. The summed E-state index contributed by atoms with van der Waals surface area (Å²) < 4.78 is 13.4. The second kappa shape index (κ2) is 5.03. The van der Waals surface area contributed by atoms with Gasteiger partial charge in [-0.1, -0.05) is 32.1 Å². The monoisotopic (exact) mass is 240 g/mol. The molecule has 0 saturated heterocycles. The second-order valence-corrected chi connectivity index (χ2v) is 4.11. The average molecular weight is 240 g/mol. The van der Waals surface area contributed by atoms with Crippen molar-refractivity contribution >= 4 is 28.8 Å². The van der Waals surface area contributed by atoms with Crippen molar-refractivity contribution in [1.29, 1.82) is 0 Å². The summed E-state index contributed by atoms with van der Waals surface area (Å²) in [5.74, 6) is -0.931. The molecular formula is C11H13FN2OS. The zero-order chi connectivity index (χ0) is 12.3. The third kappa shape index (κ3) is 2.76. The Kier molecular flexibility index (Phi) is 3.95. The first-order valence-electron chi connectivity index (χ1n) is 4.82. The van der Waals surface area contributed by atoms with E-state index in [4.69, 9.17) is 18.0 Å². The van der Waals surface area contributed by atoms with Crippen molar-refractivity contribution in [2.24, 2.45) is 11.7 Å². The number of benzene rings is 1. The zero-order valence-corrected chi connectivity index (χ0v) is 9.90. The molecule has 1 rings (SSSR count). The summed E-state index contributed by atoms with van der Waals surface area (Å²) in [5, 5.41) is 2.59. The molecule has 0 radical (unpaired) electrons. The maximum Gasteiger partial charge on any atom is 0.226 e. The molecule has 3 nitrogen and oxygen atoms in total. The van der Waals surface area contributed by atoms with E-state index < -0.39 is 5.82 Å². The van der Waals surface area contributed by atoms with Gasteiger partial charge in [0.25, 0.3) is 0 Å². The van der Waals surface area contributed by atoms with E-state index in [1.807, 2.05) is 0 Å². The Morgan fingerprint density at radius 1 is 1.50 bits per heavy atom. The van der Waals surface area contributed by atoms with E-state index in [1.165, 1.54) is 12.1 Å². The molecule has 5 heteroatoms. The van der Waals surface area contributed by atoms with E-state index in [0.717, 1.165) is 0 Å². The molecule has 16 heavy (non-hydrogen) atoms. The van der Waals surface area contributed by atoms with Crippen LogP contribution in [0.5, 0.6) is 0 Å². The first kappa shape index (κ1) is 12.6. The lowest BCUT2D eigenvalue weighted by Gasteiger charge is -2.12. The standard InChI is InChI=1S/C11H13FN2OS/c1-6(2)11(15)14-8-5-3-4-7(12)9(8)10(13)16/h3-6H,1-2H3,(H2,13,16)(H,14,15). The first-order chi connectivity index (χ1) is 7.43. The molecule has 86 valence electrons. The van der Waals surface area contributed by atoms with E-state index in [9.17, 15) is 9.18 Å². The molecule has 3 N–H and O–H groups in total. The maximum absolute atomic E-state index is 13.4. The summed E-state index contributed by atoms with van der Waals surface area (Å²) in [7, 11) is 0. The molecule has 0 aliphatic heterocycles. The van der Waals surface area contributed by atoms with Crippen LogP contribution >= 0.6 is 12.2 Å². The molecule has 0 fully saturated rings. The Morgan fingerprint density at radius 2 is 2.12 bits per heavy atom. The fraction of sp³-hybridized carbons (Fsp3) is 0.273. The van der Waals surface area contributed by atoms with Gasteiger partial charge in [0.2, 0.25) is 5.91 Å². The van der Waals surface area contributed by atoms with E-state index in [1.54, 1.807) is 19.9 Å². The number of carbonyl (C=O) groups is 1. The molecule has 0 bridgehead atoms. The number of rotatable bonds is 3. The quantitative estimate of drug-likeness (QED) is 0.795. The van der Waals surface area contributed by atoms with E-state index in [-0.39, 0.29) is 22.4 Å². The minimum absolute atomic E-state index is 0.0721. The number of nitrogens with one attached hydrogen (secondary N) is 1. The van der Waals surface area contributed by atoms with Crippen LogP contribution in [0, 0.1) is 11.7 Å². The smallest absolute Gasteiger partial charge is 0.226 e. The van der Waals surface area contributed by atoms with Crippen molar-refractivity contribution in [3.63, 3.8) is 0 Å². The van der Waals surface area contributed by atoms with Gasteiger partial charge < -0.3 is 11.1 Å². The average Bonchev–Trinajstić information content (AvgIpc) is 2.16. The van der Waals surface area contributed by atoms with Gasteiger partial charge >= 0.3 is 0 Å². The maximum atomic E-state index is 13.4. The molecule has 1 aromatic carbocycles. The normalized spacial score (nSPS) is 10.2. The molecule has 0 atom stereocenters. The summed E-state index contributed by atoms with van der Waals surface area (Å²) in [6.07, 6.45) is 0. The highest BCUT2D eigenvalue weighted by Crippen LogP contribution is 2.19. The molecule has 0 saturated carbocycles. The fourth-order valence-electron chi connectivity index (χ4n) is 1.16. The molecule has 1 aromatic rings. The highest BCUT2D eigenvalue weighted by atomic mass is 32.1. The van der Waals surface area contributed by atoms with Crippen molar-refractivity contribution in [2.45, 2.75) is 13.8 Å². The van der Waals surface area contributed by atoms with Gasteiger partial charge in [0, 0.05) is 5.92 Å². The number of hydrogen-bond acceptors (Lipinski definition) is 2. The topological polar surface area (TPSA) is 55.1 Å². The zero-order valence-electron chi connectivity index (χ0n) is 9.08. The lowest BCUT2D eigenvalue weighted by molar-refractivity contribution is -0.118. The molecule has 0 aromatic heterocycles. The third-order valence-corrected chi connectivity index (χ3v) is 2.25. The third-order valence-electron chi connectivity index (χ3n) is 2.04. The number of thiocarbonyl (C=S) groups is 1. The summed E-state index contributed by atoms with van der Waals surface area (Å²) in [6.45, 7) is 3.49. The number of nitrogens with two attached hydrogens (primary N) is 1. The van der Waals surface area contributed by atoms with Gasteiger partial charge in [-0.25, -0.2) is 4.39 Å². The Labute approximate surface area is 98.8 Å². The van der Waals surface area contributed by atoms with Crippen LogP contribution in [0.15, 0.2) is 18.2 Å². The Bertz CT molecular complexity index is 432. The van der Waals surface area contributed by atoms with Crippen molar-refractivity contribution in [3.8, 4) is 0 Å². The summed E-state index contributed by atoms with van der Waals surface area (Å²) in [6, 6.07) is 4.31. The van der Waals surface area contributed by atoms with Gasteiger partial charge in [-0.3, -0.25) is 4.79 Å². The molecular weight excluding hydrogens is 227 g/mol. The molecule has 0 spiro atoms. The fourth-order valence-corrected chi connectivity index (χ4v) is 1.36. The van der Waals surface area contributed by atoms with Crippen molar-refractivity contribution in [2.75, 3.05) is 5.32 Å². The van der Waals surface area contributed by atoms with Crippen LogP contribution in [0.1, 0.15) is 19.4 Å². The molecule has 0 unspecified atom stereocenters. The number of carbonyl (C=O) groups excluding carboxylic acids is 1. The minimum atomic E-state index is -0.533. The second-order valence-electron chi connectivity index (χ2n) is 3.67. The minimum Gasteiger partial charge on any atom is -0.389 e. The van der Waals surface area contributed by atoms with Crippen LogP contribution in [-0.2, 0) is 4.79 Å².